The van der Waals surface area contributed by atoms with Gasteiger partial charge in [-0.15, -0.1) is 0 Å². The van der Waals surface area contributed by atoms with Gasteiger partial charge >= 0.3 is 0 Å². The first-order valence-electron chi connectivity index (χ1n) is 20.6. The summed E-state index contributed by atoms with van der Waals surface area (Å²) in [7, 11) is 0. The number of rotatable bonds is 20. The first kappa shape index (κ1) is 39.2. The lowest BCUT2D eigenvalue weighted by atomic mass is 9.76. The summed E-state index contributed by atoms with van der Waals surface area (Å²) in [5.74, 6) is -5.33. The zero-order valence-corrected chi connectivity index (χ0v) is 32.4. The largest absolute Gasteiger partial charge is 0.375 e. The Morgan fingerprint density at radius 3 is 1.58 bits per heavy atom. The first-order chi connectivity index (χ1) is 27.4. The molecule has 4 saturated heterocycles. The molecule has 0 spiro atoms. The molecule has 0 N–H and O–H groups in total. The van der Waals surface area contributed by atoms with E-state index in [4.69, 9.17) is 14.2 Å². The van der Waals surface area contributed by atoms with E-state index in [2.05, 4.69) is 0 Å². The topological polar surface area (TPSA) is 177 Å². The average Bonchev–Trinajstić information content (AvgIpc) is 4.07. The van der Waals surface area contributed by atoms with Crippen molar-refractivity contribution in [3.8, 4) is 0 Å². The van der Waals surface area contributed by atoms with Crippen LogP contribution in [-0.2, 0) is 52.6 Å². The highest BCUT2D eigenvalue weighted by Crippen LogP contribution is 2.54. The number of hydrogen-bond donors (Lipinski definition) is 0. The molecule has 10 unspecified atom stereocenters. The number of unbranched alkanes of at least 4 members (excludes halogenated alkanes) is 2. The van der Waals surface area contributed by atoms with Crippen LogP contribution in [0.5, 0.6) is 0 Å². The van der Waals surface area contributed by atoms with E-state index in [1.165, 1.54) is 43.9 Å². The number of hydrogen-bond acceptors (Lipinski definition) is 11. The minimum Gasteiger partial charge on any atom is -0.375 e. The van der Waals surface area contributed by atoms with Gasteiger partial charge in [-0.05, 0) is 51.4 Å². The molecule has 15 heteroatoms. The number of fused-ring (bicyclic) bond motifs is 10. The molecule has 0 aromatic heterocycles. The summed E-state index contributed by atoms with van der Waals surface area (Å²) in [6.45, 7) is 4.39. The van der Waals surface area contributed by atoms with E-state index in [1.807, 2.05) is 26.0 Å². The number of carbonyl (C=O) groups excluding carboxylic acids is 8. The van der Waals surface area contributed by atoms with Crippen LogP contribution in [0.25, 0.3) is 0 Å². The molecule has 8 rings (SSSR count). The van der Waals surface area contributed by atoms with Gasteiger partial charge in [0.25, 0.3) is 23.6 Å². The van der Waals surface area contributed by atoms with Gasteiger partial charge in [-0.3, -0.25) is 58.0 Å². The van der Waals surface area contributed by atoms with Gasteiger partial charge in [-0.1, -0.05) is 51.0 Å². The molecule has 0 aliphatic carbocycles. The third kappa shape index (κ3) is 6.45. The third-order valence-corrected chi connectivity index (χ3v) is 13.1. The minimum absolute atomic E-state index is 0.0538. The Morgan fingerprint density at radius 2 is 1.04 bits per heavy atom. The summed E-state index contributed by atoms with van der Waals surface area (Å²) in [5.41, 5.74) is -2.35. The van der Waals surface area contributed by atoms with E-state index < -0.39 is 47.1 Å². The van der Waals surface area contributed by atoms with Crippen LogP contribution in [0.3, 0.4) is 0 Å². The van der Waals surface area contributed by atoms with E-state index >= 15 is 0 Å². The van der Waals surface area contributed by atoms with Crippen molar-refractivity contribution in [2.75, 3.05) is 26.3 Å². The van der Waals surface area contributed by atoms with Gasteiger partial charge in [0.15, 0.2) is 0 Å². The molecule has 8 aliphatic rings. The molecule has 0 radical (unpaired) electrons. The summed E-state index contributed by atoms with van der Waals surface area (Å²) >= 11 is 0. The molecular formula is C42H50N4O11. The second-order valence-electron chi connectivity index (χ2n) is 16.6. The van der Waals surface area contributed by atoms with Crippen molar-refractivity contribution in [1.29, 1.82) is 0 Å². The Labute approximate surface area is 331 Å². The summed E-state index contributed by atoms with van der Waals surface area (Å²) in [6, 6.07) is -0.562. The highest BCUT2D eigenvalue weighted by Gasteiger charge is 2.70. The lowest BCUT2D eigenvalue weighted by Gasteiger charge is -2.33. The second kappa shape index (κ2) is 15.3. The standard InChI is InChI=1S/C42H50N4O11/c1-3-9-25(45-31(49)15-16-32(45)50)11-6-8-22-44-37(51)33-27-17-19-41(56-27,35(33)39(44)53)23-55-24-42-20-18-28(57-42)34-36(42)40(54)46(38(34)52)26(10-4-2)12-5-7-21-43-29(47)13-14-30(43)48/h13-20,25-28,33-36H,3-12,21-24H2,1-2H3. The quantitative estimate of drug-likeness (QED) is 0.100. The molecule has 304 valence electrons. The molecule has 0 aromatic rings. The summed E-state index contributed by atoms with van der Waals surface area (Å²) in [5, 5.41) is 0. The molecule has 57 heavy (non-hydrogen) atoms. The van der Waals surface area contributed by atoms with Crippen LogP contribution in [-0.4, -0.2) is 129 Å². The molecule has 15 nitrogen and oxygen atoms in total. The van der Waals surface area contributed by atoms with Crippen LogP contribution in [0.15, 0.2) is 48.6 Å². The predicted octanol–water partition coefficient (Wildman–Crippen LogP) is 2.15. The smallest absolute Gasteiger partial charge is 0.253 e. The summed E-state index contributed by atoms with van der Waals surface area (Å²) in [6.07, 6.45) is 17.5. The Balaban J connectivity index is 0.870. The number of nitrogens with zero attached hydrogens (tertiary/aromatic N) is 4. The molecule has 8 amide bonds. The van der Waals surface area contributed by atoms with Crippen molar-refractivity contribution in [2.45, 2.75) is 114 Å². The van der Waals surface area contributed by atoms with Gasteiger partial charge in [0.2, 0.25) is 23.6 Å². The van der Waals surface area contributed by atoms with Crippen molar-refractivity contribution in [3.63, 3.8) is 0 Å². The third-order valence-electron chi connectivity index (χ3n) is 13.1. The van der Waals surface area contributed by atoms with Crippen molar-refractivity contribution in [2.24, 2.45) is 23.7 Å². The van der Waals surface area contributed by atoms with E-state index in [9.17, 15) is 38.4 Å². The lowest BCUT2D eigenvalue weighted by molar-refractivity contribution is -0.151. The summed E-state index contributed by atoms with van der Waals surface area (Å²) < 4.78 is 19.0. The second-order valence-corrected chi connectivity index (χ2v) is 16.6. The number of carbonyl (C=O) groups is 8. The highest BCUT2D eigenvalue weighted by molar-refractivity contribution is 6.13. The minimum atomic E-state index is -1.18. The van der Waals surface area contributed by atoms with Crippen LogP contribution in [0.4, 0.5) is 0 Å². The van der Waals surface area contributed by atoms with Crippen LogP contribution >= 0.6 is 0 Å². The van der Waals surface area contributed by atoms with Crippen molar-refractivity contribution < 1.29 is 52.6 Å². The van der Waals surface area contributed by atoms with Crippen molar-refractivity contribution >= 4 is 47.3 Å². The zero-order chi connectivity index (χ0) is 40.2. The van der Waals surface area contributed by atoms with Crippen LogP contribution in [0.1, 0.15) is 78.1 Å². The molecule has 8 aliphatic heterocycles. The fourth-order valence-corrected chi connectivity index (χ4v) is 10.6. The van der Waals surface area contributed by atoms with E-state index in [-0.39, 0.29) is 85.6 Å². The van der Waals surface area contributed by atoms with E-state index in [0.717, 1.165) is 12.8 Å². The van der Waals surface area contributed by atoms with Gasteiger partial charge in [-0.25, -0.2) is 0 Å². The number of amides is 8. The SMILES string of the molecule is CCCC(CCCCN1C(=O)C2C3C=CC(COCC45C=CC(O4)C4C(=O)N(C(CCC)CCCCN6C(=O)C=CC6=O)C(=O)C45)(O3)C2C1=O)N1C(=O)C=CC1=O. The molecule has 10 atom stereocenters. The Bertz CT molecular complexity index is 1850. The molecule has 4 fully saturated rings. The van der Waals surface area contributed by atoms with Gasteiger partial charge in [0.1, 0.15) is 11.2 Å². The van der Waals surface area contributed by atoms with E-state index in [1.54, 1.807) is 12.2 Å². The number of ether oxygens (including phenoxy) is 3. The molecular weight excluding hydrogens is 736 g/mol. The van der Waals surface area contributed by atoms with Gasteiger partial charge in [-0.2, -0.15) is 0 Å². The maximum Gasteiger partial charge on any atom is 0.253 e. The number of imide groups is 4. The monoisotopic (exact) mass is 786 g/mol. The fourth-order valence-electron chi connectivity index (χ4n) is 10.6. The van der Waals surface area contributed by atoms with Crippen LogP contribution in [0, 0.1) is 23.7 Å². The molecule has 8 heterocycles. The maximum absolute atomic E-state index is 14.2. The lowest BCUT2D eigenvalue weighted by Crippen LogP contribution is -2.48. The highest BCUT2D eigenvalue weighted by atomic mass is 16.6. The Hall–Kier alpha value is -4.60. The van der Waals surface area contributed by atoms with Gasteiger partial charge < -0.3 is 14.2 Å². The Kier molecular flexibility index (Phi) is 10.5. The fraction of sp³-hybridized carbons (Fsp3) is 0.619. The first-order valence-corrected chi connectivity index (χ1v) is 20.6. The van der Waals surface area contributed by atoms with Crippen molar-refractivity contribution in [3.05, 3.63) is 48.6 Å². The predicted molar refractivity (Wildman–Crippen MR) is 199 cm³/mol. The molecule has 4 bridgehead atoms. The average molecular weight is 787 g/mol. The zero-order valence-electron chi connectivity index (χ0n) is 32.4. The van der Waals surface area contributed by atoms with Crippen LogP contribution in [0.2, 0.25) is 0 Å². The van der Waals surface area contributed by atoms with E-state index in [0.29, 0.717) is 51.4 Å². The maximum atomic E-state index is 14.2. The van der Waals surface area contributed by atoms with Crippen LogP contribution < -0.4 is 0 Å². The van der Waals surface area contributed by atoms with Gasteiger partial charge in [0.05, 0.1) is 49.1 Å². The van der Waals surface area contributed by atoms with Crippen molar-refractivity contribution in [1.82, 2.24) is 19.6 Å². The summed E-state index contributed by atoms with van der Waals surface area (Å²) in [4.78, 5) is 109. The molecule has 0 aromatic carbocycles. The Morgan fingerprint density at radius 1 is 0.561 bits per heavy atom. The van der Waals surface area contributed by atoms with Gasteiger partial charge in [0, 0.05) is 49.5 Å². The number of likely N-dealkylation sites (tertiary alicyclic amines) is 2. The normalized spacial score (nSPS) is 34.2. The molecule has 0 saturated carbocycles.